The van der Waals surface area contributed by atoms with E-state index in [2.05, 4.69) is 5.32 Å². The second-order valence-electron chi connectivity index (χ2n) is 6.12. The van der Waals surface area contributed by atoms with Gasteiger partial charge in [-0.1, -0.05) is 6.07 Å². The van der Waals surface area contributed by atoms with Crippen molar-refractivity contribution < 1.29 is 18.8 Å². The number of ketones is 1. The number of carbonyl (C=O) groups excluding carboxylic acids is 3. The SMILES string of the molecule is NC(=O)C1CC(C(=O)Nc2ccc(-n3ccccc3=O)cc2F)CC1=O. The molecular weight excluding hydrogens is 341 g/mol. The number of carbonyl (C=O) groups is 3. The number of benzene rings is 1. The van der Waals surface area contributed by atoms with Gasteiger partial charge in [-0.25, -0.2) is 4.39 Å². The van der Waals surface area contributed by atoms with Gasteiger partial charge in [-0.3, -0.25) is 23.7 Å². The fraction of sp³-hybridized carbons (Fsp3) is 0.222. The Balaban J connectivity index is 1.76. The van der Waals surface area contributed by atoms with Crippen molar-refractivity contribution in [3.05, 3.63) is 58.8 Å². The van der Waals surface area contributed by atoms with Crippen molar-refractivity contribution in [2.75, 3.05) is 5.32 Å². The predicted octanol–water partition coefficient (Wildman–Crippen LogP) is 0.996. The molecule has 0 saturated heterocycles. The fourth-order valence-corrected chi connectivity index (χ4v) is 2.99. The summed E-state index contributed by atoms with van der Waals surface area (Å²) in [5, 5.41) is 2.42. The van der Waals surface area contributed by atoms with Crippen LogP contribution in [0.5, 0.6) is 0 Å². The molecule has 134 valence electrons. The van der Waals surface area contributed by atoms with E-state index in [1.165, 1.54) is 29.0 Å². The largest absolute Gasteiger partial charge is 0.369 e. The average Bonchev–Trinajstić information content (AvgIpc) is 2.99. The summed E-state index contributed by atoms with van der Waals surface area (Å²) in [4.78, 5) is 46.9. The summed E-state index contributed by atoms with van der Waals surface area (Å²) < 4.78 is 15.6. The van der Waals surface area contributed by atoms with Gasteiger partial charge in [0.25, 0.3) is 5.56 Å². The van der Waals surface area contributed by atoms with Crippen LogP contribution in [-0.2, 0) is 14.4 Å². The van der Waals surface area contributed by atoms with E-state index in [0.717, 1.165) is 6.07 Å². The highest BCUT2D eigenvalue weighted by Gasteiger charge is 2.39. The quantitative estimate of drug-likeness (QED) is 0.795. The third kappa shape index (κ3) is 3.39. The molecule has 2 aromatic rings. The zero-order chi connectivity index (χ0) is 18.8. The van der Waals surface area contributed by atoms with Gasteiger partial charge in [-0.05, 0) is 24.6 Å². The molecule has 1 saturated carbocycles. The van der Waals surface area contributed by atoms with Crippen molar-refractivity contribution in [3.8, 4) is 5.69 Å². The van der Waals surface area contributed by atoms with Crippen LogP contribution in [0.25, 0.3) is 5.69 Å². The van der Waals surface area contributed by atoms with Crippen LogP contribution in [0, 0.1) is 17.7 Å². The summed E-state index contributed by atoms with van der Waals surface area (Å²) in [6.45, 7) is 0. The number of Topliss-reactive ketones (excluding diaryl/α,β-unsaturated/α-hetero) is 1. The monoisotopic (exact) mass is 357 g/mol. The highest BCUT2D eigenvalue weighted by atomic mass is 19.1. The van der Waals surface area contributed by atoms with Crippen LogP contribution in [0.1, 0.15) is 12.8 Å². The Bertz CT molecular complexity index is 953. The van der Waals surface area contributed by atoms with E-state index in [-0.39, 0.29) is 29.9 Å². The lowest BCUT2D eigenvalue weighted by Crippen LogP contribution is -2.26. The number of nitrogens with zero attached hydrogens (tertiary/aromatic N) is 1. The molecule has 1 fully saturated rings. The first-order valence-electron chi connectivity index (χ1n) is 7.97. The van der Waals surface area contributed by atoms with E-state index in [0.29, 0.717) is 5.69 Å². The number of anilines is 1. The van der Waals surface area contributed by atoms with Gasteiger partial charge in [-0.2, -0.15) is 0 Å². The number of rotatable bonds is 4. The maximum absolute atomic E-state index is 14.3. The molecule has 2 atom stereocenters. The first-order chi connectivity index (χ1) is 12.4. The van der Waals surface area contributed by atoms with Gasteiger partial charge in [0.1, 0.15) is 11.6 Å². The van der Waals surface area contributed by atoms with E-state index in [1.54, 1.807) is 12.1 Å². The van der Waals surface area contributed by atoms with Crippen molar-refractivity contribution >= 4 is 23.3 Å². The molecule has 0 radical (unpaired) electrons. The van der Waals surface area contributed by atoms with E-state index >= 15 is 0 Å². The van der Waals surface area contributed by atoms with Gasteiger partial charge in [-0.15, -0.1) is 0 Å². The molecule has 1 aromatic heterocycles. The summed E-state index contributed by atoms with van der Waals surface area (Å²) >= 11 is 0. The summed E-state index contributed by atoms with van der Waals surface area (Å²) in [6, 6.07) is 8.52. The van der Waals surface area contributed by atoms with Crippen LogP contribution in [0.2, 0.25) is 0 Å². The normalized spacial score (nSPS) is 19.3. The molecule has 1 heterocycles. The molecule has 2 amide bonds. The summed E-state index contributed by atoms with van der Waals surface area (Å²) in [5.41, 5.74) is 5.06. The van der Waals surface area contributed by atoms with Gasteiger partial charge in [0.2, 0.25) is 11.8 Å². The maximum Gasteiger partial charge on any atom is 0.255 e. The number of hydrogen-bond donors (Lipinski definition) is 2. The number of primary amides is 1. The Morgan fingerprint density at radius 1 is 1.19 bits per heavy atom. The summed E-state index contributed by atoms with van der Waals surface area (Å²) in [6.07, 6.45) is 1.43. The van der Waals surface area contributed by atoms with Gasteiger partial charge in [0.15, 0.2) is 0 Å². The lowest BCUT2D eigenvalue weighted by molar-refractivity contribution is -0.130. The number of hydrogen-bond acceptors (Lipinski definition) is 4. The number of nitrogens with one attached hydrogen (secondary N) is 1. The molecule has 0 bridgehead atoms. The molecule has 0 spiro atoms. The molecule has 26 heavy (non-hydrogen) atoms. The third-order valence-electron chi connectivity index (χ3n) is 4.38. The molecule has 1 aromatic carbocycles. The van der Waals surface area contributed by atoms with Crippen LogP contribution in [0.3, 0.4) is 0 Å². The molecular formula is C18H16FN3O4. The van der Waals surface area contributed by atoms with Crippen LogP contribution in [-0.4, -0.2) is 22.2 Å². The standard InChI is InChI=1S/C18H16FN3O4/c19-13-9-11(22-6-2-1-3-16(22)24)4-5-14(13)21-18(26)10-7-12(17(20)25)15(23)8-10/h1-6,9-10,12H,7-8H2,(H2,20,25)(H,21,26). The van der Waals surface area contributed by atoms with Crippen LogP contribution >= 0.6 is 0 Å². The Morgan fingerprint density at radius 3 is 2.58 bits per heavy atom. The average molecular weight is 357 g/mol. The molecule has 8 heteroatoms. The minimum Gasteiger partial charge on any atom is -0.369 e. The van der Waals surface area contributed by atoms with Gasteiger partial charge in [0, 0.05) is 30.7 Å². The smallest absolute Gasteiger partial charge is 0.255 e. The molecule has 3 N–H and O–H groups in total. The van der Waals surface area contributed by atoms with Gasteiger partial charge < -0.3 is 11.1 Å². The highest BCUT2D eigenvalue weighted by molar-refractivity contribution is 6.06. The topological polar surface area (TPSA) is 111 Å². The van der Waals surface area contributed by atoms with Crippen LogP contribution in [0.15, 0.2) is 47.4 Å². The Labute approximate surface area is 147 Å². The lowest BCUT2D eigenvalue weighted by atomic mass is 10.0. The van der Waals surface area contributed by atoms with E-state index in [4.69, 9.17) is 5.73 Å². The Hall–Kier alpha value is -3.29. The molecule has 7 nitrogen and oxygen atoms in total. The predicted molar refractivity (Wildman–Crippen MR) is 91.0 cm³/mol. The van der Waals surface area contributed by atoms with Crippen molar-refractivity contribution in [2.45, 2.75) is 12.8 Å². The molecule has 1 aliphatic rings. The highest BCUT2D eigenvalue weighted by Crippen LogP contribution is 2.29. The van der Waals surface area contributed by atoms with Crippen LogP contribution in [0.4, 0.5) is 10.1 Å². The Morgan fingerprint density at radius 2 is 1.96 bits per heavy atom. The van der Waals surface area contributed by atoms with E-state index < -0.39 is 29.5 Å². The van der Waals surface area contributed by atoms with Crippen LogP contribution < -0.4 is 16.6 Å². The number of pyridine rings is 1. The summed E-state index contributed by atoms with van der Waals surface area (Å²) in [7, 11) is 0. The lowest BCUT2D eigenvalue weighted by Gasteiger charge is -2.12. The van der Waals surface area contributed by atoms with Gasteiger partial charge in [0.05, 0.1) is 17.3 Å². The number of aromatic nitrogens is 1. The fourth-order valence-electron chi connectivity index (χ4n) is 2.99. The number of halogens is 1. The molecule has 3 rings (SSSR count). The molecule has 1 aliphatic carbocycles. The van der Waals surface area contributed by atoms with Crippen molar-refractivity contribution in [1.82, 2.24) is 4.57 Å². The van der Waals surface area contributed by atoms with Crippen molar-refractivity contribution in [3.63, 3.8) is 0 Å². The first-order valence-corrected chi connectivity index (χ1v) is 7.97. The Kier molecular flexibility index (Phi) is 4.66. The summed E-state index contributed by atoms with van der Waals surface area (Å²) in [5.74, 6) is -4.10. The van der Waals surface area contributed by atoms with Gasteiger partial charge >= 0.3 is 0 Å². The van der Waals surface area contributed by atoms with Crippen molar-refractivity contribution in [1.29, 1.82) is 0 Å². The van der Waals surface area contributed by atoms with Crippen molar-refractivity contribution in [2.24, 2.45) is 17.6 Å². The third-order valence-corrected chi connectivity index (χ3v) is 4.38. The zero-order valence-electron chi connectivity index (χ0n) is 13.6. The molecule has 0 aliphatic heterocycles. The first kappa shape index (κ1) is 17.5. The number of amides is 2. The van der Waals surface area contributed by atoms with E-state index in [9.17, 15) is 23.6 Å². The zero-order valence-corrected chi connectivity index (χ0v) is 13.6. The van der Waals surface area contributed by atoms with E-state index in [1.807, 2.05) is 0 Å². The molecule has 2 unspecified atom stereocenters. The second kappa shape index (κ2) is 6.91. The minimum atomic E-state index is -0.970. The second-order valence-corrected chi connectivity index (χ2v) is 6.12. The maximum atomic E-state index is 14.3. The number of nitrogens with two attached hydrogens (primary N) is 1. The minimum absolute atomic E-state index is 0.0269.